The van der Waals surface area contributed by atoms with E-state index in [-0.39, 0.29) is 5.91 Å². The number of benzene rings is 1. The summed E-state index contributed by atoms with van der Waals surface area (Å²) in [5.74, 6) is -0.00118. The Labute approximate surface area is 125 Å². The number of aromatic nitrogens is 1. The molecule has 0 atom stereocenters. The highest BCUT2D eigenvalue weighted by Crippen LogP contribution is 2.20. The van der Waals surface area contributed by atoms with E-state index in [1.54, 1.807) is 6.20 Å². The molecule has 0 aliphatic heterocycles. The van der Waals surface area contributed by atoms with Crippen molar-refractivity contribution in [1.82, 2.24) is 10.3 Å². The summed E-state index contributed by atoms with van der Waals surface area (Å²) in [6.07, 6.45) is 7.98. The standard InChI is InChI=1S/C17H21N3O/c21-16(12-19-14-8-2-1-3-9-14)20-15-10-4-6-13-7-5-11-18-17(13)15/h4-7,10-11,14,19H,1-3,8-9,12H2,(H,20,21). The highest BCUT2D eigenvalue weighted by atomic mass is 16.1. The first kappa shape index (κ1) is 14.0. The lowest BCUT2D eigenvalue weighted by Gasteiger charge is -2.22. The lowest BCUT2D eigenvalue weighted by molar-refractivity contribution is -0.115. The topological polar surface area (TPSA) is 54.0 Å². The molecule has 2 N–H and O–H groups in total. The Balaban J connectivity index is 1.61. The predicted molar refractivity (Wildman–Crippen MR) is 85.2 cm³/mol. The number of carbonyl (C=O) groups is 1. The Morgan fingerprint density at radius 1 is 1.14 bits per heavy atom. The second-order valence-electron chi connectivity index (χ2n) is 5.64. The highest BCUT2D eigenvalue weighted by molar-refractivity contribution is 6.00. The zero-order chi connectivity index (χ0) is 14.5. The van der Waals surface area contributed by atoms with Crippen LogP contribution in [0.15, 0.2) is 36.5 Å². The third kappa shape index (κ3) is 3.58. The zero-order valence-electron chi connectivity index (χ0n) is 12.1. The van der Waals surface area contributed by atoms with Crippen LogP contribution in [0.4, 0.5) is 5.69 Å². The third-order valence-corrected chi connectivity index (χ3v) is 4.06. The summed E-state index contributed by atoms with van der Waals surface area (Å²) in [6.45, 7) is 0.369. The molecule has 1 amide bonds. The van der Waals surface area contributed by atoms with Gasteiger partial charge in [-0.15, -0.1) is 0 Å². The zero-order valence-corrected chi connectivity index (χ0v) is 12.1. The van der Waals surface area contributed by atoms with Gasteiger partial charge in [0.05, 0.1) is 17.7 Å². The molecule has 1 aromatic carbocycles. The van der Waals surface area contributed by atoms with Crippen LogP contribution in [0.2, 0.25) is 0 Å². The van der Waals surface area contributed by atoms with Crippen LogP contribution in [-0.4, -0.2) is 23.5 Å². The van der Waals surface area contributed by atoms with Crippen molar-refractivity contribution < 1.29 is 4.79 Å². The predicted octanol–water partition coefficient (Wildman–Crippen LogP) is 3.10. The van der Waals surface area contributed by atoms with Gasteiger partial charge in [0.1, 0.15) is 0 Å². The van der Waals surface area contributed by atoms with Crippen LogP contribution in [0.25, 0.3) is 10.9 Å². The van der Waals surface area contributed by atoms with Crippen LogP contribution in [0.3, 0.4) is 0 Å². The Kier molecular flexibility index (Phi) is 4.46. The number of nitrogens with one attached hydrogen (secondary N) is 2. The molecule has 1 aliphatic rings. The van der Waals surface area contributed by atoms with Crippen LogP contribution < -0.4 is 10.6 Å². The number of hydrogen-bond acceptors (Lipinski definition) is 3. The average Bonchev–Trinajstić information content (AvgIpc) is 2.54. The van der Waals surface area contributed by atoms with Crippen molar-refractivity contribution in [2.45, 2.75) is 38.1 Å². The average molecular weight is 283 g/mol. The quantitative estimate of drug-likeness (QED) is 0.906. The molecular weight excluding hydrogens is 262 g/mol. The molecule has 1 saturated carbocycles. The van der Waals surface area contributed by atoms with Crippen LogP contribution in [0.5, 0.6) is 0 Å². The number of carbonyl (C=O) groups excluding carboxylic acids is 1. The van der Waals surface area contributed by atoms with Crippen molar-refractivity contribution in [2.24, 2.45) is 0 Å². The van der Waals surface area contributed by atoms with Gasteiger partial charge in [0.25, 0.3) is 0 Å². The Morgan fingerprint density at radius 3 is 2.81 bits per heavy atom. The first-order valence-corrected chi connectivity index (χ1v) is 7.70. The van der Waals surface area contributed by atoms with Gasteiger partial charge in [-0.25, -0.2) is 0 Å². The molecule has 1 fully saturated rings. The van der Waals surface area contributed by atoms with Gasteiger partial charge >= 0.3 is 0 Å². The molecule has 3 rings (SSSR count). The Hall–Kier alpha value is -1.94. The van der Waals surface area contributed by atoms with Gasteiger partial charge < -0.3 is 10.6 Å². The van der Waals surface area contributed by atoms with Crippen LogP contribution in [0.1, 0.15) is 32.1 Å². The van der Waals surface area contributed by atoms with Gasteiger partial charge in [-0.1, -0.05) is 37.5 Å². The van der Waals surface area contributed by atoms with Gasteiger partial charge in [-0.05, 0) is 25.0 Å². The van der Waals surface area contributed by atoms with Gasteiger partial charge in [-0.3, -0.25) is 9.78 Å². The molecule has 21 heavy (non-hydrogen) atoms. The van der Waals surface area contributed by atoms with Gasteiger partial charge in [0, 0.05) is 17.6 Å². The molecular formula is C17H21N3O. The molecule has 0 saturated heterocycles. The maximum Gasteiger partial charge on any atom is 0.238 e. The number of amides is 1. The SMILES string of the molecule is O=C(CNC1CCCCC1)Nc1cccc2cccnc12. The van der Waals surface area contributed by atoms with Crippen LogP contribution >= 0.6 is 0 Å². The largest absolute Gasteiger partial charge is 0.323 e. The van der Waals surface area contributed by atoms with Crippen molar-refractivity contribution in [3.05, 3.63) is 36.5 Å². The van der Waals surface area contributed by atoms with E-state index in [9.17, 15) is 4.79 Å². The van der Waals surface area contributed by atoms with E-state index < -0.39 is 0 Å². The molecule has 0 spiro atoms. The van der Waals surface area contributed by atoms with Crippen molar-refractivity contribution >= 4 is 22.5 Å². The highest BCUT2D eigenvalue weighted by Gasteiger charge is 2.14. The van der Waals surface area contributed by atoms with Gasteiger partial charge in [-0.2, -0.15) is 0 Å². The number of para-hydroxylation sites is 1. The minimum Gasteiger partial charge on any atom is -0.323 e. The summed E-state index contributed by atoms with van der Waals surface area (Å²) < 4.78 is 0. The van der Waals surface area contributed by atoms with E-state index in [0.717, 1.165) is 16.6 Å². The summed E-state index contributed by atoms with van der Waals surface area (Å²) >= 11 is 0. The molecule has 110 valence electrons. The molecule has 1 aliphatic carbocycles. The third-order valence-electron chi connectivity index (χ3n) is 4.06. The molecule has 4 nitrogen and oxygen atoms in total. The summed E-state index contributed by atoms with van der Waals surface area (Å²) in [4.78, 5) is 16.4. The minimum atomic E-state index is -0.00118. The van der Waals surface area contributed by atoms with E-state index in [1.807, 2.05) is 30.3 Å². The van der Waals surface area contributed by atoms with E-state index >= 15 is 0 Å². The lowest BCUT2D eigenvalue weighted by Crippen LogP contribution is -2.37. The summed E-state index contributed by atoms with van der Waals surface area (Å²) in [7, 11) is 0. The van der Waals surface area contributed by atoms with Crippen LogP contribution in [0, 0.1) is 0 Å². The maximum absolute atomic E-state index is 12.1. The maximum atomic E-state index is 12.1. The molecule has 0 radical (unpaired) electrons. The van der Waals surface area contributed by atoms with E-state index in [1.165, 1.54) is 32.1 Å². The first-order chi connectivity index (χ1) is 10.3. The van der Waals surface area contributed by atoms with Crippen molar-refractivity contribution in [3.63, 3.8) is 0 Å². The molecule has 2 aromatic rings. The second-order valence-corrected chi connectivity index (χ2v) is 5.64. The summed E-state index contributed by atoms with van der Waals surface area (Å²) in [6, 6.07) is 10.2. The Bertz CT molecular complexity index is 615. The lowest BCUT2D eigenvalue weighted by atomic mass is 9.95. The smallest absolute Gasteiger partial charge is 0.238 e. The fourth-order valence-corrected chi connectivity index (χ4v) is 2.94. The molecule has 4 heteroatoms. The molecule has 1 aromatic heterocycles. The van der Waals surface area contributed by atoms with E-state index in [4.69, 9.17) is 0 Å². The number of hydrogen-bond donors (Lipinski definition) is 2. The first-order valence-electron chi connectivity index (χ1n) is 7.70. The fraction of sp³-hybridized carbons (Fsp3) is 0.412. The van der Waals surface area contributed by atoms with Gasteiger partial charge in [0.15, 0.2) is 0 Å². The van der Waals surface area contributed by atoms with E-state index in [0.29, 0.717) is 12.6 Å². The minimum absolute atomic E-state index is 0.00118. The van der Waals surface area contributed by atoms with Crippen molar-refractivity contribution in [3.8, 4) is 0 Å². The second kappa shape index (κ2) is 6.68. The van der Waals surface area contributed by atoms with Crippen LogP contribution in [-0.2, 0) is 4.79 Å². The van der Waals surface area contributed by atoms with Crippen molar-refractivity contribution in [2.75, 3.05) is 11.9 Å². The van der Waals surface area contributed by atoms with Crippen molar-refractivity contribution in [1.29, 1.82) is 0 Å². The molecule has 0 unspecified atom stereocenters. The van der Waals surface area contributed by atoms with Gasteiger partial charge in [0.2, 0.25) is 5.91 Å². The Morgan fingerprint density at radius 2 is 1.95 bits per heavy atom. The number of nitrogens with zero attached hydrogens (tertiary/aromatic N) is 1. The summed E-state index contributed by atoms with van der Waals surface area (Å²) in [5.41, 5.74) is 1.62. The van der Waals surface area contributed by atoms with E-state index in [2.05, 4.69) is 15.6 Å². The number of fused-ring (bicyclic) bond motifs is 1. The summed E-state index contributed by atoms with van der Waals surface area (Å²) in [5, 5.41) is 7.36. The number of anilines is 1. The molecule has 0 bridgehead atoms. The normalized spacial score (nSPS) is 16.0. The molecule has 1 heterocycles. The monoisotopic (exact) mass is 283 g/mol. The number of pyridine rings is 1. The number of rotatable bonds is 4. The fourth-order valence-electron chi connectivity index (χ4n) is 2.94.